The SMILES string of the molecule is CCCCCCCCCCCCCCCCCCCCC(=O)OC[C@H](COC(=O)CCCCCCCCCCC)OC(=O)CCCCCCCCCCCCCCCCC. The van der Waals surface area contributed by atoms with E-state index in [0.29, 0.717) is 19.3 Å². The van der Waals surface area contributed by atoms with Gasteiger partial charge in [-0.25, -0.2) is 0 Å². The van der Waals surface area contributed by atoms with E-state index in [9.17, 15) is 14.4 Å². The Kier molecular flexibility index (Phi) is 48.7. The van der Waals surface area contributed by atoms with E-state index in [1.54, 1.807) is 0 Å². The second-order valence-corrected chi connectivity index (χ2v) is 18.5. The first-order valence-corrected chi connectivity index (χ1v) is 27.0. The van der Waals surface area contributed by atoms with E-state index in [1.165, 1.54) is 212 Å². The summed E-state index contributed by atoms with van der Waals surface area (Å²) in [5.41, 5.74) is 0. The second-order valence-electron chi connectivity index (χ2n) is 18.5. The third-order valence-corrected chi connectivity index (χ3v) is 12.4. The van der Waals surface area contributed by atoms with Gasteiger partial charge in [-0.1, -0.05) is 271 Å². The number of unbranched alkanes of at least 4 members (excludes halogenated alkanes) is 39. The molecule has 0 heterocycles. The zero-order valence-corrected chi connectivity index (χ0v) is 40.8. The molecule has 0 bridgehead atoms. The summed E-state index contributed by atoms with van der Waals surface area (Å²) in [7, 11) is 0. The van der Waals surface area contributed by atoms with Crippen LogP contribution < -0.4 is 0 Å². The summed E-state index contributed by atoms with van der Waals surface area (Å²) in [4.78, 5) is 37.9. The molecule has 0 spiro atoms. The summed E-state index contributed by atoms with van der Waals surface area (Å²) >= 11 is 0. The van der Waals surface area contributed by atoms with Crippen molar-refractivity contribution in [2.24, 2.45) is 0 Å². The molecular weight excluding hydrogens is 745 g/mol. The summed E-state index contributed by atoms with van der Waals surface area (Å²) in [5.74, 6) is -0.841. The molecular formula is C54H104O6. The second kappa shape index (κ2) is 50.1. The van der Waals surface area contributed by atoms with Crippen LogP contribution in [0.15, 0.2) is 0 Å². The molecule has 0 aliphatic carbocycles. The fourth-order valence-corrected chi connectivity index (χ4v) is 8.27. The summed E-state index contributed by atoms with van der Waals surface area (Å²) in [6, 6.07) is 0. The zero-order valence-electron chi connectivity index (χ0n) is 40.8. The molecule has 0 aliphatic rings. The summed E-state index contributed by atoms with van der Waals surface area (Å²) in [6.07, 6.45) is 53.8. The van der Waals surface area contributed by atoms with Crippen LogP contribution in [0.25, 0.3) is 0 Å². The van der Waals surface area contributed by atoms with Gasteiger partial charge in [0.1, 0.15) is 13.2 Å². The van der Waals surface area contributed by atoms with Crippen LogP contribution in [-0.4, -0.2) is 37.2 Å². The van der Waals surface area contributed by atoms with E-state index in [2.05, 4.69) is 20.8 Å². The molecule has 0 radical (unpaired) electrons. The van der Waals surface area contributed by atoms with Crippen molar-refractivity contribution >= 4 is 17.9 Å². The maximum absolute atomic E-state index is 12.8. The minimum Gasteiger partial charge on any atom is -0.462 e. The van der Waals surface area contributed by atoms with Crippen molar-refractivity contribution < 1.29 is 28.6 Å². The molecule has 0 fully saturated rings. The van der Waals surface area contributed by atoms with Crippen molar-refractivity contribution in [1.82, 2.24) is 0 Å². The van der Waals surface area contributed by atoms with Crippen LogP contribution in [0.3, 0.4) is 0 Å². The van der Waals surface area contributed by atoms with Gasteiger partial charge < -0.3 is 14.2 Å². The molecule has 0 aliphatic heterocycles. The van der Waals surface area contributed by atoms with Gasteiger partial charge in [0, 0.05) is 19.3 Å². The molecule has 0 saturated carbocycles. The van der Waals surface area contributed by atoms with Gasteiger partial charge in [0.25, 0.3) is 0 Å². The zero-order chi connectivity index (χ0) is 43.7. The lowest BCUT2D eigenvalue weighted by atomic mass is 10.0. The molecule has 6 nitrogen and oxygen atoms in total. The van der Waals surface area contributed by atoms with Gasteiger partial charge in [0.2, 0.25) is 0 Å². The number of hydrogen-bond acceptors (Lipinski definition) is 6. The Morgan fingerprint density at radius 2 is 0.450 bits per heavy atom. The van der Waals surface area contributed by atoms with Crippen LogP contribution >= 0.6 is 0 Å². The molecule has 0 saturated heterocycles. The Morgan fingerprint density at radius 1 is 0.267 bits per heavy atom. The summed E-state index contributed by atoms with van der Waals surface area (Å²) in [5, 5.41) is 0. The number of esters is 3. The summed E-state index contributed by atoms with van der Waals surface area (Å²) < 4.78 is 16.8. The standard InChI is InChI=1S/C54H104O6/c1-4-7-10-13-16-19-21-23-25-26-27-29-30-32-35-38-41-44-47-53(56)59-50-51(49-58-52(55)46-43-40-37-34-18-15-12-9-6-3)60-54(57)48-45-42-39-36-33-31-28-24-22-20-17-14-11-8-5-2/h51H,4-50H2,1-3H3/t51-/m0/s1. The first-order chi connectivity index (χ1) is 29.5. The molecule has 6 heteroatoms. The molecule has 60 heavy (non-hydrogen) atoms. The highest BCUT2D eigenvalue weighted by atomic mass is 16.6. The first-order valence-electron chi connectivity index (χ1n) is 27.0. The Bertz CT molecular complexity index is 889. The van der Waals surface area contributed by atoms with Crippen molar-refractivity contribution in [1.29, 1.82) is 0 Å². The van der Waals surface area contributed by atoms with Gasteiger partial charge in [0.05, 0.1) is 0 Å². The Hall–Kier alpha value is -1.59. The van der Waals surface area contributed by atoms with Crippen LogP contribution in [0.1, 0.15) is 310 Å². The lowest BCUT2D eigenvalue weighted by molar-refractivity contribution is -0.167. The van der Waals surface area contributed by atoms with E-state index in [-0.39, 0.29) is 31.1 Å². The van der Waals surface area contributed by atoms with Crippen molar-refractivity contribution in [3.63, 3.8) is 0 Å². The van der Waals surface area contributed by atoms with Crippen molar-refractivity contribution in [3.05, 3.63) is 0 Å². The van der Waals surface area contributed by atoms with Crippen molar-refractivity contribution in [2.45, 2.75) is 316 Å². The van der Waals surface area contributed by atoms with E-state index in [1.807, 2.05) is 0 Å². The average Bonchev–Trinajstić information content (AvgIpc) is 3.24. The molecule has 0 N–H and O–H groups in total. The topological polar surface area (TPSA) is 78.9 Å². The van der Waals surface area contributed by atoms with Crippen LogP contribution in [0.2, 0.25) is 0 Å². The third kappa shape index (κ3) is 47.5. The van der Waals surface area contributed by atoms with E-state index < -0.39 is 6.10 Å². The Morgan fingerprint density at radius 3 is 0.667 bits per heavy atom. The van der Waals surface area contributed by atoms with E-state index in [4.69, 9.17) is 14.2 Å². The van der Waals surface area contributed by atoms with E-state index in [0.717, 1.165) is 57.8 Å². The van der Waals surface area contributed by atoms with Gasteiger partial charge in [-0.3, -0.25) is 14.4 Å². The maximum atomic E-state index is 12.8. The van der Waals surface area contributed by atoms with Crippen molar-refractivity contribution in [3.8, 4) is 0 Å². The lowest BCUT2D eigenvalue weighted by Crippen LogP contribution is -2.30. The predicted molar refractivity (Wildman–Crippen MR) is 257 cm³/mol. The highest BCUT2D eigenvalue weighted by Gasteiger charge is 2.19. The number of hydrogen-bond donors (Lipinski definition) is 0. The van der Waals surface area contributed by atoms with E-state index >= 15 is 0 Å². The highest BCUT2D eigenvalue weighted by Crippen LogP contribution is 2.17. The Balaban J connectivity index is 4.22. The van der Waals surface area contributed by atoms with Gasteiger partial charge in [0.15, 0.2) is 6.10 Å². The van der Waals surface area contributed by atoms with Crippen LogP contribution in [0.4, 0.5) is 0 Å². The van der Waals surface area contributed by atoms with Crippen LogP contribution in [0, 0.1) is 0 Å². The number of carbonyl (C=O) groups is 3. The fourth-order valence-electron chi connectivity index (χ4n) is 8.27. The minimum absolute atomic E-state index is 0.0617. The molecule has 0 aromatic heterocycles. The summed E-state index contributed by atoms with van der Waals surface area (Å²) in [6.45, 7) is 6.67. The van der Waals surface area contributed by atoms with Crippen LogP contribution in [-0.2, 0) is 28.6 Å². The maximum Gasteiger partial charge on any atom is 0.306 e. The molecule has 0 unspecified atom stereocenters. The molecule has 0 rings (SSSR count). The monoisotopic (exact) mass is 849 g/mol. The molecule has 356 valence electrons. The van der Waals surface area contributed by atoms with Gasteiger partial charge in [-0.15, -0.1) is 0 Å². The molecule has 1 atom stereocenters. The van der Waals surface area contributed by atoms with Crippen LogP contribution in [0.5, 0.6) is 0 Å². The predicted octanol–water partition coefficient (Wildman–Crippen LogP) is 17.6. The number of rotatable bonds is 50. The van der Waals surface area contributed by atoms with Crippen molar-refractivity contribution in [2.75, 3.05) is 13.2 Å². The number of carbonyl (C=O) groups excluding carboxylic acids is 3. The quantitative estimate of drug-likeness (QED) is 0.0345. The van der Waals surface area contributed by atoms with Gasteiger partial charge >= 0.3 is 17.9 Å². The average molecular weight is 849 g/mol. The van der Waals surface area contributed by atoms with Gasteiger partial charge in [-0.2, -0.15) is 0 Å². The fraction of sp³-hybridized carbons (Fsp3) is 0.944. The highest BCUT2D eigenvalue weighted by molar-refractivity contribution is 5.71. The Labute approximate surface area is 374 Å². The smallest absolute Gasteiger partial charge is 0.306 e. The number of ether oxygens (including phenoxy) is 3. The molecule has 0 aromatic rings. The first kappa shape index (κ1) is 58.4. The largest absolute Gasteiger partial charge is 0.462 e. The van der Waals surface area contributed by atoms with Gasteiger partial charge in [-0.05, 0) is 19.3 Å². The molecule has 0 amide bonds. The minimum atomic E-state index is -0.759. The molecule has 0 aromatic carbocycles. The third-order valence-electron chi connectivity index (χ3n) is 12.4. The normalized spacial score (nSPS) is 11.8. The lowest BCUT2D eigenvalue weighted by Gasteiger charge is -2.18.